The van der Waals surface area contributed by atoms with Gasteiger partial charge in [0.25, 0.3) is 0 Å². The number of rotatable bonds is 15. The van der Waals surface area contributed by atoms with Gasteiger partial charge in [0.2, 0.25) is 28.1 Å². The third-order valence-corrected chi connectivity index (χ3v) is 6.88. The molecule has 14 heteroatoms. The van der Waals surface area contributed by atoms with Gasteiger partial charge in [-0.05, 0) is 30.5 Å². The van der Waals surface area contributed by atoms with Crippen LogP contribution in [0.15, 0.2) is 36.5 Å². The lowest BCUT2D eigenvalue weighted by Gasteiger charge is -2.16. The van der Waals surface area contributed by atoms with E-state index in [1.54, 1.807) is 37.3 Å². The quantitative estimate of drug-likeness (QED) is 0.161. The number of ether oxygens (including phenoxy) is 3. The van der Waals surface area contributed by atoms with Crippen molar-refractivity contribution in [2.75, 3.05) is 45.1 Å². The number of benzene rings is 2. The van der Waals surface area contributed by atoms with E-state index < -0.39 is 15.8 Å². The summed E-state index contributed by atoms with van der Waals surface area (Å²) >= 11 is 0. The van der Waals surface area contributed by atoms with Gasteiger partial charge in [-0.25, -0.2) is 22.5 Å². The number of hydrogen-bond acceptors (Lipinski definition) is 10. The normalized spacial score (nSPS) is 11.0. The van der Waals surface area contributed by atoms with Crippen LogP contribution in [0.1, 0.15) is 17.5 Å². The van der Waals surface area contributed by atoms with E-state index in [9.17, 15) is 17.6 Å². The van der Waals surface area contributed by atoms with Crippen molar-refractivity contribution >= 4 is 39.6 Å². The fraction of sp³-hybridized carbons (Fsp3) is 0.320. The Balaban J connectivity index is 1.83. The summed E-state index contributed by atoms with van der Waals surface area (Å²) in [6.45, 7) is 2.27. The van der Waals surface area contributed by atoms with E-state index in [0.29, 0.717) is 59.1 Å². The monoisotopic (exact) mass is 562 g/mol. The predicted molar refractivity (Wildman–Crippen MR) is 145 cm³/mol. The van der Waals surface area contributed by atoms with Crippen molar-refractivity contribution in [3.05, 3.63) is 53.5 Å². The summed E-state index contributed by atoms with van der Waals surface area (Å²) in [7, 11) is 0.740. The van der Waals surface area contributed by atoms with Crippen molar-refractivity contribution < 1.29 is 31.8 Å². The average molecular weight is 563 g/mol. The van der Waals surface area contributed by atoms with Crippen molar-refractivity contribution in [2.24, 2.45) is 0 Å². The van der Waals surface area contributed by atoms with Gasteiger partial charge in [-0.1, -0.05) is 12.1 Å². The largest absolute Gasteiger partial charge is 0.493 e. The van der Waals surface area contributed by atoms with Crippen LogP contribution in [0, 0.1) is 12.7 Å². The lowest BCUT2D eigenvalue weighted by Crippen LogP contribution is -2.28. The summed E-state index contributed by atoms with van der Waals surface area (Å²) in [5.41, 5.74) is 2.02. The predicted octanol–water partition coefficient (Wildman–Crippen LogP) is 2.99. The van der Waals surface area contributed by atoms with Gasteiger partial charge in [0.1, 0.15) is 0 Å². The third kappa shape index (κ3) is 7.91. The Morgan fingerprint density at radius 3 is 2.38 bits per heavy atom. The number of sulfonamides is 1. The summed E-state index contributed by atoms with van der Waals surface area (Å²) in [5.74, 6) is 0.0473. The van der Waals surface area contributed by atoms with E-state index in [2.05, 4.69) is 30.6 Å². The minimum atomic E-state index is -3.72. The van der Waals surface area contributed by atoms with Gasteiger partial charge in [-0.2, -0.15) is 4.98 Å². The fourth-order valence-electron chi connectivity index (χ4n) is 3.65. The smallest absolute Gasteiger partial charge is 0.229 e. The third-order valence-electron chi connectivity index (χ3n) is 5.57. The number of carbonyl (C=O) groups is 1. The molecule has 1 aromatic heterocycles. The summed E-state index contributed by atoms with van der Waals surface area (Å²) < 4.78 is 58.7. The average Bonchev–Trinajstić information content (AvgIpc) is 2.91. The summed E-state index contributed by atoms with van der Waals surface area (Å²) in [4.78, 5) is 18.6. The molecule has 0 saturated carbocycles. The molecule has 12 nitrogen and oxygen atoms in total. The summed E-state index contributed by atoms with van der Waals surface area (Å²) in [5, 5.41) is 8.36. The molecule has 0 aliphatic heterocycles. The van der Waals surface area contributed by atoms with Crippen LogP contribution in [-0.2, 0) is 20.6 Å². The van der Waals surface area contributed by atoms with Crippen molar-refractivity contribution in [1.29, 1.82) is 0 Å². The molecular formula is C25H31FN6O6S. The molecule has 0 aliphatic rings. The van der Waals surface area contributed by atoms with Gasteiger partial charge in [-0.15, -0.1) is 0 Å². The van der Waals surface area contributed by atoms with Gasteiger partial charge >= 0.3 is 0 Å². The molecule has 3 aromatic rings. The molecule has 0 aliphatic carbocycles. The maximum atomic E-state index is 14.7. The van der Waals surface area contributed by atoms with Gasteiger partial charge < -0.3 is 30.2 Å². The highest BCUT2D eigenvalue weighted by atomic mass is 32.2. The fourth-order valence-corrected chi connectivity index (χ4v) is 4.97. The van der Waals surface area contributed by atoms with Crippen molar-refractivity contribution in [3.63, 3.8) is 0 Å². The number of methoxy groups -OCH3 is 3. The van der Waals surface area contributed by atoms with Crippen LogP contribution in [0.5, 0.6) is 17.2 Å². The Labute approximate surface area is 226 Å². The number of nitrogens with zero attached hydrogens (tertiary/aromatic N) is 2. The SMILES string of the molecule is COc1cc(Nc2ncc(F)c(Nc3cccc(C)c3CS(=O)(=O)NCCCNC=O)n2)cc(OC)c1OC. The first-order chi connectivity index (χ1) is 18.7. The molecule has 3 rings (SSSR count). The van der Waals surface area contributed by atoms with Gasteiger partial charge in [0.15, 0.2) is 23.1 Å². The minimum absolute atomic E-state index is 0.0700. The highest BCUT2D eigenvalue weighted by molar-refractivity contribution is 7.88. The Bertz CT molecular complexity index is 1380. The first-order valence-electron chi connectivity index (χ1n) is 11.8. The van der Waals surface area contributed by atoms with E-state index >= 15 is 0 Å². The Hall–Kier alpha value is -4.17. The summed E-state index contributed by atoms with van der Waals surface area (Å²) in [6.07, 6.45) is 1.99. The van der Waals surface area contributed by atoms with Crippen LogP contribution in [0.3, 0.4) is 0 Å². The van der Waals surface area contributed by atoms with Crippen molar-refractivity contribution in [1.82, 2.24) is 20.0 Å². The first kappa shape index (κ1) is 29.4. The highest BCUT2D eigenvalue weighted by Gasteiger charge is 2.18. The number of nitrogens with one attached hydrogen (secondary N) is 4. The van der Waals surface area contributed by atoms with Crippen molar-refractivity contribution in [2.45, 2.75) is 19.1 Å². The number of hydrogen-bond donors (Lipinski definition) is 4. The molecule has 4 N–H and O–H groups in total. The Morgan fingerprint density at radius 2 is 1.74 bits per heavy atom. The second-order valence-corrected chi connectivity index (χ2v) is 10.0. The second-order valence-electron chi connectivity index (χ2n) is 8.23. The molecule has 39 heavy (non-hydrogen) atoms. The molecule has 2 aromatic carbocycles. The van der Waals surface area contributed by atoms with Crippen LogP contribution < -0.4 is 34.9 Å². The van der Waals surface area contributed by atoms with E-state index in [1.807, 2.05) is 0 Å². The summed E-state index contributed by atoms with van der Waals surface area (Å²) in [6, 6.07) is 8.41. The number of carbonyl (C=O) groups excluding carboxylic acids is 1. The molecule has 1 heterocycles. The molecule has 0 fully saturated rings. The van der Waals surface area contributed by atoms with Crippen LogP contribution in [0.4, 0.5) is 27.5 Å². The topological polar surface area (TPSA) is 153 Å². The first-order valence-corrected chi connectivity index (χ1v) is 13.5. The van der Waals surface area contributed by atoms with Crippen molar-refractivity contribution in [3.8, 4) is 17.2 Å². The van der Waals surface area contributed by atoms with Gasteiger partial charge in [-0.3, -0.25) is 4.79 Å². The molecule has 0 saturated heterocycles. The Kier molecular flexibility index (Phi) is 10.2. The Morgan fingerprint density at radius 1 is 1.03 bits per heavy atom. The standard InChI is InChI=1S/C25H31FN6O6S/c1-16-7-5-8-20(18(16)14-39(34,35)29-10-6-9-27-15-33)31-24-19(26)13-28-25(32-24)30-17-11-21(36-2)23(38-4)22(12-17)37-3/h5,7-8,11-13,15,29H,6,9-10,14H2,1-4H3,(H,27,33)(H2,28,30,31,32). The molecule has 1 amide bonds. The maximum absolute atomic E-state index is 14.7. The number of anilines is 4. The number of aromatic nitrogens is 2. The molecule has 0 spiro atoms. The van der Waals surface area contributed by atoms with Crippen LogP contribution >= 0.6 is 0 Å². The molecule has 0 radical (unpaired) electrons. The van der Waals surface area contributed by atoms with Crippen LogP contribution in [0.2, 0.25) is 0 Å². The molecule has 0 atom stereocenters. The second kappa shape index (κ2) is 13.6. The molecule has 210 valence electrons. The zero-order valence-corrected chi connectivity index (χ0v) is 22.8. The zero-order valence-electron chi connectivity index (χ0n) is 22.0. The van der Waals surface area contributed by atoms with E-state index in [0.717, 1.165) is 6.20 Å². The zero-order chi connectivity index (χ0) is 28.4. The molecular weight excluding hydrogens is 531 g/mol. The maximum Gasteiger partial charge on any atom is 0.229 e. The lowest BCUT2D eigenvalue weighted by atomic mass is 10.1. The van der Waals surface area contributed by atoms with Crippen LogP contribution in [0.25, 0.3) is 0 Å². The number of aryl methyl sites for hydroxylation is 1. The number of halogens is 1. The molecule has 0 unspecified atom stereocenters. The lowest BCUT2D eigenvalue weighted by molar-refractivity contribution is -0.109. The number of amides is 1. The molecule has 0 bridgehead atoms. The van der Waals surface area contributed by atoms with Gasteiger partial charge in [0, 0.05) is 36.6 Å². The van der Waals surface area contributed by atoms with Gasteiger partial charge in [0.05, 0.1) is 33.3 Å². The van der Waals surface area contributed by atoms with E-state index in [-0.39, 0.29) is 24.1 Å². The van der Waals surface area contributed by atoms with E-state index in [1.165, 1.54) is 21.3 Å². The minimum Gasteiger partial charge on any atom is -0.493 e. The van der Waals surface area contributed by atoms with Crippen LogP contribution in [-0.4, -0.2) is 59.2 Å². The highest BCUT2D eigenvalue weighted by Crippen LogP contribution is 2.40. The van der Waals surface area contributed by atoms with E-state index in [4.69, 9.17) is 14.2 Å².